The first-order chi connectivity index (χ1) is 12.5. The normalized spacial score (nSPS) is 14.2. The molecule has 0 atom stereocenters. The molecular formula is C19H21FN4O2. The molecule has 0 aliphatic carbocycles. The molecule has 2 heterocycles. The third-order valence-corrected chi connectivity index (χ3v) is 4.44. The summed E-state index contributed by atoms with van der Waals surface area (Å²) in [6, 6.07) is 9.96. The predicted molar refractivity (Wildman–Crippen MR) is 96.1 cm³/mol. The van der Waals surface area contributed by atoms with Crippen molar-refractivity contribution >= 4 is 17.6 Å². The van der Waals surface area contributed by atoms with Crippen LogP contribution in [0.3, 0.4) is 0 Å². The Morgan fingerprint density at radius 3 is 2.38 bits per heavy atom. The average Bonchev–Trinajstić information content (AvgIpc) is 2.67. The van der Waals surface area contributed by atoms with Crippen LogP contribution in [0.2, 0.25) is 0 Å². The maximum atomic E-state index is 13.6. The average molecular weight is 356 g/mol. The largest absolute Gasteiger partial charge is 0.366 e. The zero-order chi connectivity index (χ0) is 18.5. The molecule has 6 nitrogen and oxygen atoms in total. The lowest BCUT2D eigenvalue weighted by molar-refractivity contribution is -0.130. The highest BCUT2D eigenvalue weighted by Crippen LogP contribution is 2.13. The van der Waals surface area contributed by atoms with Crippen molar-refractivity contribution < 1.29 is 14.0 Å². The molecule has 136 valence electrons. The zero-order valence-corrected chi connectivity index (χ0v) is 14.6. The highest BCUT2D eigenvalue weighted by molar-refractivity contribution is 5.94. The molecule has 0 bridgehead atoms. The summed E-state index contributed by atoms with van der Waals surface area (Å²) in [6.45, 7) is 4.00. The number of hydrogen-bond donors (Lipinski definition) is 1. The molecule has 1 aromatic carbocycles. The summed E-state index contributed by atoms with van der Waals surface area (Å²) >= 11 is 0. The number of carbonyl (C=O) groups excluding carboxylic acids is 2. The Hall–Kier alpha value is -2.96. The Kier molecular flexibility index (Phi) is 5.46. The molecule has 0 saturated carbocycles. The van der Waals surface area contributed by atoms with Crippen LogP contribution in [0.15, 0.2) is 42.6 Å². The van der Waals surface area contributed by atoms with E-state index in [2.05, 4.69) is 10.3 Å². The summed E-state index contributed by atoms with van der Waals surface area (Å²) < 4.78 is 13.6. The van der Waals surface area contributed by atoms with Gasteiger partial charge in [0.15, 0.2) is 0 Å². The highest BCUT2D eigenvalue weighted by atomic mass is 19.1. The second-order valence-electron chi connectivity index (χ2n) is 6.18. The summed E-state index contributed by atoms with van der Waals surface area (Å²) in [5.74, 6) is 0.244. The molecule has 2 amide bonds. The fourth-order valence-corrected chi connectivity index (χ4v) is 2.86. The van der Waals surface area contributed by atoms with Crippen molar-refractivity contribution in [3.63, 3.8) is 0 Å². The second kappa shape index (κ2) is 7.95. The van der Waals surface area contributed by atoms with E-state index in [0.29, 0.717) is 49.7 Å². The Balaban J connectivity index is 1.56. The molecule has 1 saturated heterocycles. The van der Waals surface area contributed by atoms with Crippen LogP contribution in [-0.4, -0.2) is 52.8 Å². The number of rotatable bonds is 4. The Morgan fingerprint density at radius 2 is 1.77 bits per heavy atom. The minimum atomic E-state index is -0.267. The number of amides is 2. The van der Waals surface area contributed by atoms with E-state index >= 15 is 0 Å². The lowest BCUT2D eigenvalue weighted by atomic mass is 10.2. The minimum absolute atomic E-state index is 0.0315. The third kappa shape index (κ3) is 4.17. The monoisotopic (exact) mass is 356 g/mol. The fraction of sp³-hybridized carbons (Fsp3) is 0.316. The van der Waals surface area contributed by atoms with Crippen LogP contribution in [0.5, 0.6) is 0 Å². The molecule has 0 spiro atoms. The van der Waals surface area contributed by atoms with Crippen LogP contribution < -0.4 is 5.32 Å². The van der Waals surface area contributed by atoms with Crippen molar-refractivity contribution in [1.29, 1.82) is 0 Å². The molecule has 0 unspecified atom stereocenters. The quantitative estimate of drug-likeness (QED) is 0.912. The van der Waals surface area contributed by atoms with Crippen molar-refractivity contribution in [3.8, 4) is 0 Å². The summed E-state index contributed by atoms with van der Waals surface area (Å²) in [7, 11) is 0. The van der Waals surface area contributed by atoms with Gasteiger partial charge < -0.3 is 15.1 Å². The van der Waals surface area contributed by atoms with Gasteiger partial charge in [0.1, 0.15) is 11.6 Å². The van der Waals surface area contributed by atoms with E-state index in [1.165, 1.54) is 19.2 Å². The number of aromatic nitrogens is 1. The number of benzene rings is 1. The first kappa shape index (κ1) is 17.8. The Labute approximate surface area is 151 Å². The Bertz CT molecular complexity index is 786. The Morgan fingerprint density at radius 1 is 1.08 bits per heavy atom. The van der Waals surface area contributed by atoms with E-state index in [1.54, 1.807) is 40.1 Å². The molecule has 1 aliphatic rings. The summed E-state index contributed by atoms with van der Waals surface area (Å²) in [4.78, 5) is 31.6. The van der Waals surface area contributed by atoms with Gasteiger partial charge in [-0.1, -0.05) is 18.2 Å². The molecule has 7 heteroatoms. The summed E-state index contributed by atoms with van der Waals surface area (Å²) in [6.07, 6.45) is 1.52. The van der Waals surface area contributed by atoms with E-state index < -0.39 is 0 Å². The van der Waals surface area contributed by atoms with Crippen LogP contribution in [0, 0.1) is 5.82 Å². The van der Waals surface area contributed by atoms with Crippen LogP contribution in [0.25, 0.3) is 0 Å². The molecule has 0 radical (unpaired) electrons. The van der Waals surface area contributed by atoms with Crippen molar-refractivity contribution in [2.24, 2.45) is 0 Å². The maximum absolute atomic E-state index is 13.6. The van der Waals surface area contributed by atoms with Gasteiger partial charge >= 0.3 is 0 Å². The number of carbonyl (C=O) groups is 2. The van der Waals surface area contributed by atoms with E-state index in [-0.39, 0.29) is 17.6 Å². The molecule has 3 rings (SSSR count). The van der Waals surface area contributed by atoms with Gasteiger partial charge in [-0.15, -0.1) is 0 Å². The summed E-state index contributed by atoms with van der Waals surface area (Å²) in [5, 5.41) is 3.05. The maximum Gasteiger partial charge on any atom is 0.255 e. The number of anilines is 1. The molecule has 1 aromatic heterocycles. The number of hydrogen-bond acceptors (Lipinski definition) is 4. The van der Waals surface area contributed by atoms with Gasteiger partial charge in [-0.3, -0.25) is 9.59 Å². The summed E-state index contributed by atoms with van der Waals surface area (Å²) in [5.41, 5.74) is 1.05. The second-order valence-corrected chi connectivity index (χ2v) is 6.18. The first-order valence-corrected chi connectivity index (χ1v) is 8.52. The number of piperazine rings is 1. The van der Waals surface area contributed by atoms with Gasteiger partial charge in [-0.25, -0.2) is 9.37 Å². The van der Waals surface area contributed by atoms with Crippen LogP contribution in [-0.2, 0) is 11.3 Å². The topological polar surface area (TPSA) is 65.5 Å². The molecule has 2 aromatic rings. The smallest absolute Gasteiger partial charge is 0.255 e. The van der Waals surface area contributed by atoms with Crippen LogP contribution in [0.1, 0.15) is 22.8 Å². The molecule has 1 aliphatic heterocycles. The molecule has 1 fully saturated rings. The van der Waals surface area contributed by atoms with E-state index in [0.717, 1.165) is 0 Å². The van der Waals surface area contributed by atoms with Gasteiger partial charge in [0.25, 0.3) is 5.91 Å². The number of halogens is 1. The van der Waals surface area contributed by atoms with Gasteiger partial charge in [0, 0.05) is 51.4 Å². The van der Waals surface area contributed by atoms with E-state index in [9.17, 15) is 14.0 Å². The standard InChI is InChI=1S/C19H21FN4O2/c1-14(25)23-8-10-24(11-9-23)19(26)16-6-7-18(22-13-16)21-12-15-4-2-3-5-17(15)20/h2-7,13H,8-12H2,1H3,(H,21,22). The number of nitrogens with zero attached hydrogens (tertiary/aromatic N) is 3. The highest BCUT2D eigenvalue weighted by Gasteiger charge is 2.23. The minimum Gasteiger partial charge on any atom is -0.366 e. The van der Waals surface area contributed by atoms with Gasteiger partial charge in [0.05, 0.1) is 5.56 Å². The third-order valence-electron chi connectivity index (χ3n) is 4.44. The lowest BCUT2D eigenvalue weighted by Crippen LogP contribution is -2.50. The van der Waals surface area contributed by atoms with Crippen molar-refractivity contribution in [2.45, 2.75) is 13.5 Å². The molecule has 1 N–H and O–H groups in total. The van der Waals surface area contributed by atoms with E-state index in [4.69, 9.17) is 0 Å². The number of pyridine rings is 1. The van der Waals surface area contributed by atoms with Crippen molar-refractivity contribution in [1.82, 2.24) is 14.8 Å². The zero-order valence-electron chi connectivity index (χ0n) is 14.6. The molecular weight excluding hydrogens is 335 g/mol. The first-order valence-electron chi connectivity index (χ1n) is 8.52. The predicted octanol–water partition coefficient (Wildman–Crippen LogP) is 2.14. The van der Waals surface area contributed by atoms with Crippen molar-refractivity contribution in [2.75, 3.05) is 31.5 Å². The molecule has 26 heavy (non-hydrogen) atoms. The van der Waals surface area contributed by atoms with E-state index in [1.807, 2.05) is 0 Å². The lowest BCUT2D eigenvalue weighted by Gasteiger charge is -2.34. The van der Waals surface area contributed by atoms with Crippen molar-refractivity contribution in [3.05, 3.63) is 59.5 Å². The van der Waals surface area contributed by atoms with Crippen LogP contribution >= 0.6 is 0 Å². The SMILES string of the molecule is CC(=O)N1CCN(C(=O)c2ccc(NCc3ccccc3F)nc2)CC1. The van der Waals surface area contributed by atoms with Crippen LogP contribution in [0.4, 0.5) is 10.2 Å². The van der Waals surface area contributed by atoms with Gasteiger partial charge in [-0.2, -0.15) is 0 Å². The van der Waals surface area contributed by atoms with Gasteiger partial charge in [0.2, 0.25) is 5.91 Å². The van der Waals surface area contributed by atoms with Gasteiger partial charge in [-0.05, 0) is 18.2 Å². The fourth-order valence-electron chi connectivity index (χ4n) is 2.86. The number of nitrogens with one attached hydrogen (secondary N) is 1.